The molecular formula is C18H21Cl. The molecular weight excluding hydrogens is 252 g/mol. The molecule has 0 N–H and O–H groups in total. The van der Waals surface area contributed by atoms with Crippen molar-refractivity contribution < 1.29 is 0 Å². The average Bonchev–Trinajstić information content (AvgIpc) is 2.95. The molecule has 0 radical (unpaired) electrons. The van der Waals surface area contributed by atoms with E-state index in [1.165, 1.54) is 44.1 Å². The molecule has 5 saturated carbocycles. The molecule has 19 heavy (non-hydrogen) atoms. The maximum absolute atomic E-state index is 7.26. The fourth-order valence-electron chi connectivity index (χ4n) is 6.45. The Kier molecular flexibility index (Phi) is 2.00. The van der Waals surface area contributed by atoms with Crippen LogP contribution in [0.4, 0.5) is 0 Å². The molecule has 0 nitrogen and oxygen atoms in total. The number of benzene rings is 1. The number of rotatable bonds is 1. The van der Waals surface area contributed by atoms with Gasteiger partial charge in [-0.1, -0.05) is 30.3 Å². The van der Waals surface area contributed by atoms with E-state index in [2.05, 4.69) is 30.3 Å². The lowest BCUT2D eigenvalue weighted by Gasteiger charge is -2.42. The molecule has 0 aromatic heterocycles. The van der Waals surface area contributed by atoms with Gasteiger partial charge in [-0.15, -0.1) is 11.6 Å². The van der Waals surface area contributed by atoms with E-state index in [0.717, 1.165) is 23.7 Å². The van der Waals surface area contributed by atoms with E-state index in [1.807, 2.05) is 0 Å². The van der Waals surface area contributed by atoms with Crippen LogP contribution < -0.4 is 0 Å². The van der Waals surface area contributed by atoms with Crippen LogP contribution in [0.5, 0.6) is 0 Å². The Morgan fingerprint density at radius 2 is 1.47 bits per heavy atom. The molecule has 0 amide bonds. The molecule has 1 aromatic carbocycles. The van der Waals surface area contributed by atoms with Gasteiger partial charge < -0.3 is 0 Å². The van der Waals surface area contributed by atoms with E-state index in [4.69, 9.17) is 11.6 Å². The summed E-state index contributed by atoms with van der Waals surface area (Å²) in [5.41, 5.74) is 1.87. The van der Waals surface area contributed by atoms with Crippen LogP contribution in [0.3, 0.4) is 0 Å². The van der Waals surface area contributed by atoms with Gasteiger partial charge in [-0.2, -0.15) is 0 Å². The zero-order valence-electron chi connectivity index (χ0n) is 11.3. The summed E-state index contributed by atoms with van der Waals surface area (Å²) in [6.07, 6.45) is 8.78. The van der Waals surface area contributed by atoms with E-state index in [-0.39, 0.29) is 4.87 Å². The van der Waals surface area contributed by atoms with E-state index in [0.29, 0.717) is 5.41 Å². The van der Waals surface area contributed by atoms with Gasteiger partial charge in [0.1, 0.15) is 0 Å². The van der Waals surface area contributed by atoms with E-state index in [1.54, 1.807) is 0 Å². The van der Waals surface area contributed by atoms with E-state index in [9.17, 15) is 0 Å². The summed E-state index contributed by atoms with van der Waals surface area (Å²) in [5.74, 6) is 3.74. The summed E-state index contributed by atoms with van der Waals surface area (Å²) < 4.78 is 0. The van der Waals surface area contributed by atoms with Crippen molar-refractivity contribution in [2.45, 2.75) is 43.4 Å². The molecule has 0 saturated heterocycles. The molecule has 100 valence electrons. The van der Waals surface area contributed by atoms with Crippen LogP contribution in [-0.4, -0.2) is 0 Å². The quantitative estimate of drug-likeness (QED) is 0.634. The van der Waals surface area contributed by atoms with Crippen molar-refractivity contribution in [3.8, 4) is 0 Å². The highest BCUT2D eigenvalue weighted by Crippen LogP contribution is 2.83. The van der Waals surface area contributed by atoms with Gasteiger partial charge >= 0.3 is 0 Å². The van der Waals surface area contributed by atoms with Crippen molar-refractivity contribution in [2.75, 3.05) is 0 Å². The van der Waals surface area contributed by atoms with Gasteiger partial charge in [0, 0.05) is 0 Å². The average molecular weight is 273 g/mol. The Bertz CT molecular complexity index is 508. The molecule has 0 aliphatic heterocycles. The molecule has 4 atom stereocenters. The molecule has 5 fully saturated rings. The standard InChI is InChI=1S/C18H21Cl/c19-18(15-4-2-1-3-5-15)16-9-12-6-13-8-14(7-12)11-17(16,18)10-13/h1-5,12-14,16H,6-11H2. The molecule has 5 aliphatic carbocycles. The van der Waals surface area contributed by atoms with Crippen LogP contribution in [0.15, 0.2) is 30.3 Å². The van der Waals surface area contributed by atoms with Crippen molar-refractivity contribution in [3.63, 3.8) is 0 Å². The summed E-state index contributed by atoms with van der Waals surface area (Å²) in [6.45, 7) is 0. The third kappa shape index (κ3) is 1.23. The number of hydrogen-bond donors (Lipinski definition) is 0. The van der Waals surface area contributed by atoms with E-state index >= 15 is 0 Å². The van der Waals surface area contributed by atoms with Crippen LogP contribution in [0.2, 0.25) is 0 Å². The molecule has 0 heterocycles. The maximum Gasteiger partial charge on any atom is 0.0788 e. The Labute approximate surface area is 120 Å². The Balaban J connectivity index is 1.62. The minimum absolute atomic E-state index is 0.00965. The first-order chi connectivity index (χ1) is 9.22. The van der Waals surface area contributed by atoms with Gasteiger partial charge in [-0.3, -0.25) is 0 Å². The van der Waals surface area contributed by atoms with E-state index < -0.39 is 0 Å². The molecule has 4 bridgehead atoms. The van der Waals surface area contributed by atoms with Crippen LogP contribution in [-0.2, 0) is 4.87 Å². The lowest BCUT2D eigenvalue weighted by molar-refractivity contribution is 0.100. The van der Waals surface area contributed by atoms with Crippen LogP contribution in [0, 0.1) is 29.1 Å². The van der Waals surface area contributed by atoms with Crippen molar-refractivity contribution in [3.05, 3.63) is 35.9 Å². The van der Waals surface area contributed by atoms with Gasteiger partial charge in [0.25, 0.3) is 0 Å². The molecule has 1 aromatic rings. The summed E-state index contributed by atoms with van der Waals surface area (Å²) in [4.78, 5) is -0.00965. The lowest BCUT2D eigenvalue weighted by Crippen LogP contribution is -2.33. The topological polar surface area (TPSA) is 0 Å². The van der Waals surface area contributed by atoms with Gasteiger partial charge in [0.15, 0.2) is 0 Å². The van der Waals surface area contributed by atoms with Crippen LogP contribution >= 0.6 is 11.6 Å². The van der Waals surface area contributed by atoms with Crippen molar-refractivity contribution in [2.24, 2.45) is 29.1 Å². The van der Waals surface area contributed by atoms with Crippen molar-refractivity contribution in [1.29, 1.82) is 0 Å². The number of alkyl halides is 1. The zero-order chi connectivity index (χ0) is 12.7. The van der Waals surface area contributed by atoms with Gasteiger partial charge in [-0.05, 0) is 73.2 Å². The second-order valence-electron chi connectivity index (χ2n) is 7.74. The Morgan fingerprint density at radius 1 is 0.842 bits per heavy atom. The monoisotopic (exact) mass is 272 g/mol. The zero-order valence-corrected chi connectivity index (χ0v) is 12.1. The summed E-state index contributed by atoms with van der Waals surface area (Å²) in [5, 5.41) is 0. The second kappa shape index (κ2) is 3.39. The first kappa shape index (κ1) is 11.2. The third-order valence-electron chi connectivity index (χ3n) is 6.86. The molecule has 1 spiro atoms. The smallest absolute Gasteiger partial charge is 0.0788 e. The Morgan fingerprint density at radius 3 is 2.16 bits per heavy atom. The first-order valence-electron chi connectivity index (χ1n) is 7.97. The minimum Gasteiger partial charge on any atom is -0.113 e. The normalized spacial score (nSPS) is 53.7. The fourth-order valence-corrected chi connectivity index (χ4v) is 7.11. The summed E-state index contributed by atoms with van der Waals surface area (Å²) >= 11 is 7.26. The molecule has 5 aliphatic rings. The predicted molar refractivity (Wildman–Crippen MR) is 78.1 cm³/mol. The van der Waals surface area contributed by atoms with Crippen LogP contribution in [0.1, 0.15) is 44.1 Å². The van der Waals surface area contributed by atoms with Crippen molar-refractivity contribution in [1.82, 2.24) is 0 Å². The molecule has 1 heteroatoms. The Hall–Kier alpha value is -0.490. The highest BCUT2D eigenvalue weighted by Gasteiger charge is 2.78. The number of halogens is 1. The fraction of sp³-hybridized carbons (Fsp3) is 0.667. The summed E-state index contributed by atoms with van der Waals surface area (Å²) in [7, 11) is 0. The highest BCUT2D eigenvalue weighted by atomic mass is 35.5. The summed E-state index contributed by atoms with van der Waals surface area (Å²) in [6, 6.07) is 11.0. The first-order valence-corrected chi connectivity index (χ1v) is 8.34. The van der Waals surface area contributed by atoms with Crippen molar-refractivity contribution >= 4 is 11.6 Å². The largest absolute Gasteiger partial charge is 0.113 e. The SMILES string of the molecule is ClC1(c2ccccc2)C2CC3CC4CC(C3)CC21C4. The second-order valence-corrected chi connectivity index (χ2v) is 8.33. The van der Waals surface area contributed by atoms with Gasteiger partial charge in [0.2, 0.25) is 0 Å². The van der Waals surface area contributed by atoms with Gasteiger partial charge in [0.05, 0.1) is 4.87 Å². The minimum atomic E-state index is -0.00965. The van der Waals surface area contributed by atoms with Crippen LogP contribution in [0.25, 0.3) is 0 Å². The third-order valence-corrected chi connectivity index (χ3v) is 7.72. The predicted octanol–water partition coefficient (Wildman–Crippen LogP) is 4.97. The van der Waals surface area contributed by atoms with Gasteiger partial charge in [-0.25, -0.2) is 0 Å². The lowest BCUT2D eigenvalue weighted by atomic mass is 9.64. The highest BCUT2D eigenvalue weighted by molar-refractivity contribution is 6.27. The maximum atomic E-state index is 7.26. The number of hydrogen-bond acceptors (Lipinski definition) is 0. The molecule has 6 rings (SSSR count). The molecule has 4 unspecified atom stereocenters.